The molecule has 0 bridgehead atoms. The van der Waals surface area contributed by atoms with Crippen molar-refractivity contribution >= 4 is 28.6 Å². The Kier molecular flexibility index (Phi) is 4.82. The van der Waals surface area contributed by atoms with Crippen molar-refractivity contribution in [2.24, 2.45) is 0 Å². The van der Waals surface area contributed by atoms with E-state index in [0.717, 1.165) is 5.56 Å². The molecule has 2 rings (SSSR count). The molecule has 0 saturated carbocycles. The minimum absolute atomic E-state index is 0.0866. The Hall–Kier alpha value is -2.05. The van der Waals surface area contributed by atoms with Crippen molar-refractivity contribution in [3.8, 4) is 0 Å². The summed E-state index contributed by atoms with van der Waals surface area (Å²) in [7, 11) is 3.40. The van der Waals surface area contributed by atoms with Crippen molar-refractivity contribution in [1.29, 1.82) is 0 Å². The Bertz CT molecular complexity index is 611. The van der Waals surface area contributed by atoms with Crippen LogP contribution in [0, 0.1) is 0 Å². The molecule has 0 aliphatic carbocycles. The van der Waals surface area contributed by atoms with E-state index in [4.69, 9.17) is 5.73 Å². The molecule has 1 atom stereocenters. The number of aliphatic hydroxyl groups excluding tert-OH is 1. The van der Waals surface area contributed by atoms with Gasteiger partial charge in [0.05, 0.1) is 17.5 Å². The lowest BCUT2D eigenvalue weighted by atomic mass is 10.1. The third-order valence-corrected chi connectivity index (χ3v) is 3.82. The van der Waals surface area contributed by atoms with Crippen molar-refractivity contribution < 1.29 is 9.90 Å². The number of nitrogen functional groups attached to an aromatic ring is 1. The summed E-state index contributed by atoms with van der Waals surface area (Å²) in [5, 5.41) is 17.0. The molecule has 4 N–H and O–H groups in total. The Balaban J connectivity index is 2.09. The van der Waals surface area contributed by atoms with Gasteiger partial charge in [-0.05, 0) is 40.6 Å². The second-order valence-corrected chi connectivity index (χ2v) is 5.74. The van der Waals surface area contributed by atoms with Crippen LogP contribution in [0.5, 0.6) is 0 Å². The van der Waals surface area contributed by atoms with Gasteiger partial charge >= 0.3 is 0 Å². The molecule has 1 unspecified atom stereocenters. The quantitative estimate of drug-likeness (QED) is 0.740. The molecule has 1 heterocycles. The molecule has 112 valence electrons. The maximum absolute atomic E-state index is 11.9. The van der Waals surface area contributed by atoms with Gasteiger partial charge in [0, 0.05) is 26.2 Å². The van der Waals surface area contributed by atoms with Crippen LogP contribution in [0.2, 0.25) is 0 Å². The third kappa shape index (κ3) is 3.74. The first kappa shape index (κ1) is 15.3. The number of carbonyl (C=O) groups excluding carboxylic acids is 1. The van der Waals surface area contributed by atoms with Gasteiger partial charge in [-0.3, -0.25) is 4.79 Å². The summed E-state index contributed by atoms with van der Waals surface area (Å²) in [6.07, 6.45) is -0.608. The molecule has 5 nitrogen and oxygen atoms in total. The van der Waals surface area contributed by atoms with E-state index in [2.05, 4.69) is 5.32 Å². The van der Waals surface area contributed by atoms with E-state index in [-0.39, 0.29) is 5.91 Å². The van der Waals surface area contributed by atoms with Gasteiger partial charge in [-0.2, -0.15) is 11.3 Å². The van der Waals surface area contributed by atoms with Crippen LogP contribution in [0.1, 0.15) is 22.0 Å². The van der Waals surface area contributed by atoms with Crippen LogP contribution in [0.4, 0.5) is 11.4 Å². The molecule has 0 radical (unpaired) electrons. The molecular weight excluding hydrogens is 286 g/mol. The predicted molar refractivity (Wildman–Crippen MR) is 86.6 cm³/mol. The van der Waals surface area contributed by atoms with E-state index < -0.39 is 6.10 Å². The summed E-state index contributed by atoms with van der Waals surface area (Å²) in [5.41, 5.74) is 8.52. The zero-order valence-electron chi connectivity index (χ0n) is 12.0. The third-order valence-electron chi connectivity index (χ3n) is 3.12. The normalized spacial score (nSPS) is 12.0. The van der Waals surface area contributed by atoms with Gasteiger partial charge in [-0.25, -0.2) is 0 Å². The van der Waals surface area contributed by atoms with Crippen LogP contribution in [0.3, 0.4) is 0 Å². The SMILES string of the molecule is CN(C)C(=O)c1ccc(N)c(NCC(O)c2ccsc2)c1. The van der Waals surface area contributed by atoms with Crippen LogP contribution in [-0.2, 0) is 0 Å². The molecule has 21 heavy (non-hydrogen) atoms. The monoisotopic (exact) mass is 305 g/mol. The number of carbonyl (C=O) groups is 1. The topological polar surface area (TPSA) is 78.6 Å². The first-order valence-electron chi connectivity index (χ1n) is 6.54. The van der Waals surface area contributed by atoms with Crippen LogP contribution >= 0.6 is 11.3 Å². The minimum atomic E-state index is -0.608. The van der Waals surface area contributed by atoms with Crippen molar-refractivity contribution in [2.45, 2.75) is 6.10 Å². The number of rotatable bonds is 5. The highest BCUT2D eigenvalue weighted by Gasteiger charge is 2.12. The van der Waals surface area contributed by atoms with Crippen molar-refractivity contribution in [2.75, 3.05) is 31.7 Å². The lowest BCUT2D eigenvalue weighted by Gasteiger charge is -2.16. The Labute approximate surface area is 128 Å². The molecule has 0 saturated heterocycles. The summed E-state index contributed by atoms with van der Waals surface area (Å²) in [6.45, 7) is 0.334. The van der Waals surface area contributed by atoms with Gasteiger partial charge in [0.15, 0.2) is 0 Å². The van der Waals surface area contributed by atoms with E-state index in [9.17, 15) is 9.90 Å². The van der Waals surface area contributed by atoms with E-state index >= 15 is 0 Å². The fourth-order valence-electron chi connectivity index (χ4n) is 1.89. The number of benzene rings is 1. The second kappa shape index (κ2) is 6.60. The van der Waals surface area contributed by atoms with E-state index in [1.54, 1.807) is 32.3 Å². The fraction of sp³-hybridized carbons (Fsp3) is 0.267. The number of thiophene rings is 1. The molecule has 2 aromatic rings. The van der Waals surface area contributed by atoms with Gasteiger partial charge in [0.2, 0.25) is 0 Å². The Morgan fingerprint density at radius 2 is 2.19 bits per heavy atom. The van der Waals surface area contributed by atoms with Crippen LogP contribution in [0.25, 0.3) is 0 Å². The zero-order valence-corrected chi connectivity index (χ0v) is 12.9. The number of nitrogens with zero attached hydrogens (tertiary/aromatic N) is 1. The number of hydrogen-bond donors (Lipinski definition) is 3. The largest absolute Gasteiger partial charge is 0.397 e. The van der Waals surface area contributed by atoms with Crippen molar-refractivity contribution in [1.82, 2.24) is 4.90 Å². The molecule has 0 aliphatic heterocycles. The average Bonchev–Trinajstić information content (AvgIpc) is 2.99. The molecular formula is C15H19N3O2S. The zero-order chi connectivity index (χ0) is 15.4. The van der Waals surface area contributed by atoms with E-state index in [1.807, 2.05) is 16.8 Å². The maximum atomic E-state index is 11.9. The highest BCUT2D eigenvalue weighted by molar-refractivity contribution is 7.07. The number of amides is 1. The number of hydrogen-bond acceptors (Lipinski definition) is 5. The number of nitrogens with one attached hydrogen (secondary N) is 1. The van der Waals surface area contributed by atoms with Crippen molar-refractivity contribution in [3.05, 3.63) is 46.2 Å². The Morgan fingerprint density at radius 1 is 1.43 bits per heavy atom. The number of nitrogens with two attached hydrogens (primary N) is 1. The predicted octanol–water partition coefficient (Wildman–Crippen LogP) is 2.18. The average molecular weight is 305 g/mol. The molecule has 1 aromatic heterocycles. The highest BCUT2D eigenvalue weighted by atomic mass is 32.1. The summed E-state index contributed by atoms with van der Waals surface area (Å²) in [6, 6.07) is 6.97. The molecule has 0 fully saturated rings. The first-order chi connectivity index (χ1) is 9.99. The summed E-state index contributed by atoms with van der Waals surface area (Å²) in [5.74, 6) is -0.0866. The number of anilines is 2. The maximum Gasteiger partial charge on any atom is 0.253 e. The highest BCUT2D eigenvalue weighted by Crippen LogP contribution is 2.23. The summed E-state index contributed by atoms with van der Waals surface area (Å²) in [4.78, 5) is 13.5. The van der Waals surface area contributed by atoms with Gasteiger partial charge < -0.3 is 21.1 Å². The smallest absolute Gasteiger partial charge is 0.253 e. The van der Waals surface area contributed by atoms with Gasteiger partial charge in [-0.15, -0.1) is 0 Å². The molecule has 0 spiro atoms. The lowest BCUT2D eigenvalue weighted by Crippen LogP contribution is -2.22. The molecule has 0 aliphatic rings. The van der Waals surface area contributed by atoms with Crippen LogP contribution in [-0.4, -0.2) is 36.6 Å². The van der Waals surface area contributed by atoms with E-state index in [0.29, 0.717) is 23.5 Å². The van der Waals surface area contributed by atoms with Crippen LogP contribution in [0.15, 0.2) is 35.0 Å². The second-order valence-electron chi connectivity index (χ2n) is 4.95. The van der Waals surface area contributed by atoms with Crippen LogP contribution < -0.4 is 11.1 Å². The molecule has 1 amide bonds. The standard InChI is InChI=1S/C15H19N3O2S/c1-18(2)15(20)10-3-4-12(16)13(7-10)17-8-14(19)11-5-6-21-9-11/h3-7,9,14,17,19H,8,16H2,1-2H3. The van der Waals surface area contributed by atoms with Gasteiger partial charge in [0.25, 0.3) is 5.91 Å². The molecule has 1 aromatic carbocycles. The van der Waals surface area contributed by atoms with E-state index in [1.165, 1.54) is 16.2 Å². The minimum Gasteiger partial charge on any atom is -0.397 e. The van der Waals surface area contributed by atoms with Gasteiger partial charge in [0.1, 0.15) is 0 Å². The lowest BCUT2D eigenvalue weighted by molar-refractivity contribution is 0.0827. The number of aliphatic hydroxyl groups is 1. The first-order valence-corrected chi connectivity index (χ1v) is 7.48. The fourth-order valence-corrected chi connectivity index (χ4v) is 2.60. The molecule has 6 heteroatoms. The van der Waals surface area contributed by atoms with Crippen molar-refractivity contribution in [3.63, 3.8) is 0 Å². The summed E-state index contributed by atoms with van der Waals surface area (Å²) < 4.78 is 0. The van der Waals surface area contributed by atoms with Gasteiger partial charge in [-0.1, -0.05) is 0 Å². The Morgan fingerprint density at radius 3 is 2.81 bits per heavy atom. The summed E-state index contributed by atoms with van der Waals surface area (Å²) >= 11 is 1.54.